The van der Waals surface area contributed by atoms with Crippen molar-refractivity contribution in [3.63, 3.8) is 0 Å². The highest BCUT2D eigenvalue weighted by Gasteiger charge is 2.23. The first-order valence-corrected chi connectivity index (χ1v) is 11.5. The summed E-state index contributed by atoms with van der Waals surface area (Å²) in [6.45, 7) is 2.95. The molecule has 1 fully saturated rings. The number of hydrogen-bond acceptors (Lipinski definition) is 7. The number of thioether (sulfide) groups is 1. The van der Waals surface area contributed by atoms with Crippen LogP contribution in [0.5, 0.6) is 5.75 Å². The Morgan fingerprint density at radius 2 is 1.87 bits per heavy atom. The predicted molar refractivity (Wildman–Crippen MR) is 123 cm³/mol. The van der Waals surface area contributed by atoms with Crippen molar-refractivity contribution >= 4 is 35.0 Å². The predicted octanol–water partition coefficient (Wildman–Crippen LogP) is 3.98. The fourth-order valence-corrected chi connectivity index (χ4v) is 4.31. The lowest BCUT2D eigenvalue weighted by molar-refractivity contribution is -0.128. The summed E-state index contributed by atoms with van der Waals surface area (Å²) in [5.41, 5.74) is 1.91. The van der Waals surface area contributed by atoms with Gasteiger partial charge in [0, 0.05) is 36.8 Å². The summed E-state index contributed by atoms with van der Waals surface area (Å²) in [6.07, 6.45) is 0. The molecule has 0 N–H and O–H groups in total. The van der Waals surface area contributed by atoms with E-state index in [4.69, 9.17) is 20.9 Å². The molecular formula is C22H23ClN4O3S. The van der Waals surface area contributed by atoms with E-state index >= 15 is 0 Å². The second kappa shape index (κ2) is 10.1. The van der Waals surface area contributed by atoms with Crippen molar-refractivity contribution in [3.05, 3.63) is 59.4 Å². The van der Waals surface area contributed by atoms with Gasteiger partial charge in [-0.05, 0) is 36.4 Å². The van der Waals surface area contributed by atoms with E-state index in [1.807, 2.05) is 35.2 Å². The lowest BCUT2D eigenvalue weighted by atomic mass is 10.2. The Morgan fingerprint density at radius 1 is 1.13 bits per heavy atom. The third kappa shape index (κ3) is 5.32. The van der Waals surface area contributed by atoms with Crippen LogP contribution in [0.25, 0.3) is 11.4 Å². The lowest BCUT2D eigenvalue weighted by Crippen LogP contribution is -2.49. The van der Waals surface area contributed by atoms with Gasteiger partial charge in [0.1, 0.15) is 5.75 Å². The maximum Gasteiger partial charge on any atom is 0.236 e. The Labute approximate surface area is 190 Å². The van der Waals surface area contributed by atoms with Crippen LogP contribution < -0.4 is 9.64 Å². The van der Waals surface area contributed by atoms with Crippen molar-refractivity contribution < 1.29 is 14.1 Å². The van der Waals surface area contributed by atoms with Gasteiger partial charge in [-0.3, -0.25) is 4.79 Å². The second-order valence-corrected chi connectivity index (χ2v) is 8.47. The van der Waals surface area contributed by atoms with Crippen molar-refractivity contribution in [1.29, 1.82) is 0 Å². The van der Waals surface area contributed by atoms with E-state index in [0.717, 1.165) is 30.1 Å². The molecule has 2 aromatic carbocycles. The van der Waals surface area contributed by atoms with Gasteiger partial charge in [0.2, 0.25) is 17.6 Å². The minimum Gasteiger partial charge on any atom is -0.495 e. The van der Waals surface area contributed by atoms with Crippen LogP contribution in [0.4, 0.5) is 5.69 Å². The minimum absolute atomic E-state index is 0.127. The Morgan fingerprint density at radius 3 is 2.61 bits per heavy atom. The molecule has 1 aliphatic heterocycles. The fraction of sp³-hybridized carbons (Fsp3) is 0.318. The van der Waals surface area contributed by atoms with Crippen molar-refractivity contribution in [2.75, 3.05) is 43.9 Å². The molecule has 9 heteroatoms. The zero-order valence-electron chi connectivity index (χ0n) is 17.2. The van der Waals surface area contributed by atoms with Gasteiger partial charge in [0.05, 0.1) is 24.3 Å². The van der Waals surface area contributed by atoms with Gasteiger partial charge in [-0.2, -0.15) is 4.98 Å². The first-order chi connectivity index (χ1) is 15.1. The van der Waals surface area contributed by atoms with Crippen molar-refractivity contribution in [2.45, 2.75) is 5.75 Å². The first-order valence-electron chi connectivity index (χ1n) is 9.96. The van der Waals surface area contributed by atoms with Crippen LogP contribution in [0.2, 0.25) is 5.02 Å². The van der Waals surface area contributed by atoms with Crippen LogP contribution in [0.15, 0.2) is 53.1 Å². The Balaban J connectivity index is 1.23. The number of hydrogen-bond donors (Lipinski definition) is 0. The third-order valence-electron chi connectivity index (χ3n) is 5.08. The molecule has 0 unspecified atom stereocenters. The molecule has 0 radical (unpaired) electrons. The molecular weight excluding hydrogens is 436 g/mol. The number of piperazine rings is 1. The number of benzene rings is 2. The minimum atomic E-state index is 0.127. The topological polar surface area (TPSA) is 71.7 Å². The number of aromatic nitrogens is 2. The standard InChI is InChI=1S/C22H23ClN4O3S/c1-29-19-5-3-2-4-18(19)26-10-12-27(13-11-26)21(28)15-31-14-20-24-22(25-30-20)16-6-8-17(23)9-7-16/h2-9H,10-15H2,1H3. The Hall–Kier alpha value is -2.71. The van der Waals surface area contributed by atoms with Crippen LogP contribution in [0.3, 0.4) is 0 Å². The summed E-state index contributed by atoms with van der Waals surface area (Å²) in [7, 11) is 1.68. The molecule has 1 saturated heterocycles. The molecule has 1 aromatic heterocycles. The molecule has 4 rings (SSSR count). The number of carbonyl (C=O) groups excluding carboxylic acids is 1. The quantitative estimate of drug-likeness (QED) is 0.530. The SMILES string of the molecule is COc1ccccc1N1CCN(C(=O)CSCc2nc(-c3ccc(Cl)cc3)no2)CC1. The summed E-state index contributed by atoms with van der Waals surface area (Å²) >= 11 is 7.39. The highest BCUT2D eigenvalue weighted by atomic mass is 35.5. The maximum atomic E-state index is 12.6. The van der Waals surface area contributed by atoms with Gasteiger partial charge in [-0.15, -0.1) is 11.8 Å². The van der Waals surface area contributed by atoms with Crippen molar-refractivity contribution in [1.82, 2.24) is 15.0 Å². The highest BCUT2D eigenvalue weighted by molar-refractivity contribution is 7.99. The largest absolute Gasteiger partial charge is 0.495 e. The van der Waals surface area contributed by atoms with E-state index < -0.39 is 0 Å². The Kier molecular flexibility index (Phi) is 6.99. The number of amides is 1. The molecule has 0 atom stereocenters. The monoisotopic (exact) mass is 458 g/mol. The van der Waals surface area contributed by atoms with Crippen LogP contribution in [0.1, 0.15) is 5.89 Å². The lowest BCUT2D eigenvalue weighted by Gasteiger charge is -2.36. The van der Waals surface area contributed by atoms with Crippen LogP contribution in [-0.4, -0.2) is 60.0 Å². The number of ether oxygens (including phenoxy) is 1. The second-order valence-electron chi connectivity index (χ2n) is 7.05. The number of anilines is 1. The molecule has 3 aromatic rings. The zero-order chi connectivity index (χ0) is 21.6. The molecule has 0 aliphatic carbocycles. The molecule has 1 aliphatic rings. The zero-order valence-corrected chi connectivity index (χ0v) is 18.7. The Bertz CT molecular complexity index is 1020. The van der Waals surface area contributed by atoms with Gasteiger partial charge in [-0.1, -0.05) is 28.9 Å². The fourth-order valence-electron chi connectivity index (χ4n) is 3.43. The molecule has 1 amide bonds. The van der Waals surface area contributed by atoms with Gasteiger partial charge in [-0.25, -0.2) is 0 Å². The average molecular weight is 459 g/mol. The molecule has 0 spiro atoms. The maximum absolute atomic E-state index is 12.6. The smallest absolute Gasteiger partial charge is 0.236 e. The van der Waals surface area contributed by atoms with Gasteiger partial charge >= 0.3 is 0 Å². The van der Waals surface area contributed by atoms with Gasteiger partial charge < -0.3 is 19.1 Å². The summed E-state index contributed by atoms with van der Waals surface area (Å²) < 4.78 is 10.8. The van der Waals surface area contributed by atoms with Crippen LogP contribution in [-0.2, 0) is 10.5 Å². The highest BCUT2D eigenvalue weighted by Crippen LogP contribution is 2.28. The van der Waals surface area contributed by atoms with Crippen LogP contribution >= 0.6 is 23.4 Å². The number of halogens is 1. The molecule has 7 nitrogen and oxygen atoms in total. The van der Waals surface area contributed by atoms with E-state index in [0.29, 0.717) is 41.3 Å². The van der Waals surface area contributed by atoms with Crippen molar-refractivity contribution in [2.24, 2.45) is 0 Å². The number of carbonyl (C=O) groups is 1. The van der Waals surface area contributed by atoms with Gasteiger partial charge in [0.25, 0.3) is 0 Å². The number of nitrogens with zero attached hydrogens (tertiary/aromatic N) is 4. The average Bonchev–Trinajstić information content (AvgIpc) is 3.28. The van der Waals surface area contributed by atoms with E-state index in [1.165, 1.54) is 11.8 Å². The molecule has 162 valence electrons. The van der Waals surface area contributed by atoms with Crippen molar-refractivity contribution in [3.8, 4) is 17.1 Å². The third-order valence-corrected chi connectivity index (χ3v) is 6.23. The van der Waals surface area contributed by atoms with E-state index in [-0.39, 0.29) is 5.91 Å². The first kappa shape index (κ1) is 21.5. The summed E-state index contributed by atoms with van der Waals surface area (Å²) in [5.74, 6) is 2.88. The molecule has 2 heterocycles. The summed E-state index contributed by atoms with van der Waals surface area (Å²) in [4.78, 5) is 21.2. The van der Waals surface area contributed by atoms with E-state index in [9.17, 15) is 4.79 Å². The molecule has 31 heavy (non-hydrogen) atoms. The van der Waals surface area contributed by atoms with Crippen LogP contribution in [0, 0.1) is 0 Å². The summed E-state index contributed by atoms with van der Waals surface area (Å²) in [6, 6.07) is 15.2. The number of rotatable bonds is 7. The van der Waals surface area contributed by atoms with E-state index in [1.54, 1.807) is 19.2 Å². The molecule has 0 saturated carbocycles. The van der Waals surface area contributed by atoms with E-state index in [2.05, 4.69) is 21.1 Å². The number of methoxy groups -OCH3 is 1. The number of para-hydroxylation sites is 2. The van der Waals surface area contributed by atoms with Gasteiger partial charge in [0.15, 0.2) is 0 Å². The molecule has 0 bridgehead atoms. The summed E-state index contributed by atoms with van der Waals surface area (Å²) in [5, 5.41) is 4.66. The normalized spacial score (nSPS) is 14.0.